The van der Waals surface area contributed by atoms with Crippen molar-refractivity contribution in [1.29, 1.82) is 0 Å². The van der Waals surface area contributed by atoms with Crippen LogP contribution >= 0.6 is 11.8 Å². The first-order chi connectivity index (χ1) is 14.9. The molecule has 8 nitrogen and oxygen atoms in total. The SMILES string of the molecule is Cc1ccccc1-n1nnnc1SC(C)C(=O)N(C)Cc1cc(=O)[nH]c2ccccc12. The first-order valence-electron chi connectivity index (χ1n) is 9.81. The highest BCUT2D eigenvalue weighted by Gasteiger charge is 2.23. The van der Waals surface area contributed by atoms with Crippen molar-refractivity contribution in [2.45, 2.75) is 30.8 Å². The summed E-state index contributed by atoms with van der Waals surface area (Å²) < 4.78 is 1.65. The molecule has 2 heterocycles. The molecule has 31 heavy (non-hydrogen) atoms. The molecular formula is C22H22N6O2S. The lowest BCUT2D eigenvalue weighted by Gasteiger charge is -2.21. The van der Waals surface area contributed by atoms with Gasteiger partial charge in [0.05, 0.1) is 10.9 Å². The number of carbonyl (C=O) groups excluding carboxylic acids is 1. The Morgan fingerprint density at radius 3 is 2.74 bits per heavy atom. The fourth-order valence-corrected chi connectivity index (χ4v) is 4.38. The molecule has 1 unspecified atom stereocenters. The van der Waals surface area contributed by atoms with Crippen molar-refractivity contribution in [2.75, 3.05) is 7.05 Å². The highest BCUT2D eigenvalue weighted by atomic mass is 32.2. The van der Waals surface area contributed by atoms with Crippen molar-refractivity contribution in [3.8, 4) is 5.69 Å². The number of nitrogens with zero attached hydrogens (tertiary/aromatic N) is 5. The third kappa shape index (κ3) is 4.36. The molecule has 0 aliphatic carbocycles. The van der Waals surface area contributed by atoms with E-state index in [1.54, 1.807) is 22.7 Å². The van der Waals surface area contributed by atoms with Gasteiger partial charge in [-0.3, -0.25) is 9.59 Å². The number of tetrazole rings is 1. The fraction of sp³-hybridized carbons (Fsp3) is 0.227. The summed E-state index contributed by atoms with van der Waals surface area (Å²) >= 11 is 1.30. The number of aromatic nitrogens is 5. The minimum absolute atomic E-state index is 0.0753. The smallest absolute Gasteiger partial charge is 0.248 e. The van der Waals surface area contributed by atoms with Gasteiger partial charge in [0.15, 0.2) is 0 Å². The van der Waals surface area contributed by atoms with Gasteiger partial charge in [-0.2, -0.15) is 4.68 Å². The Balaban J connectivity index is 1.52. The molecule has 0 spiro atoms. The molecular weight excluding hydrogens is 412 g/mol. The van der Waals surface area contributed by atoms with Gasteiger partial charge < -0.3 is 9.88 Å². The first kappa shape index (κ1) is 20.8. The summed E-state index contributed by atoms with van der Waals surface area (Å²) in [5.41, 5.74) is 3.28. The Bertz CT molecular complexity index is 1300. The standard InChI is InChI=1S/C22H22N6O2S/c1-14-8-4-7-11-19(14)28-22(24-25-26-28)31-15(2)21(30)27(3)13-16-12-20(29)23-18-10-6-5-9-17(16)18/h4-12,15H,13H2,1-3H3,(H,23,29). The number of benzene rings is 2. The van der Waals surface area contributed by atoms with Gasteiger partial charge >= 0.3 is 0 Å². The molecule has 1 amide bonds. The second-order valence-corrected chi connectivity index (χ2v) is 8.63. The maximum absolute atomic E-state index is 13.1. The highest BCUT2D eigenvalue weighted by Crippen LogP contribution is 2.26. The van der Waals surface area contributed by atoms with E-state index in [1.165, 1.54) is 11.8 Å². The van der Waals surface area contributed by atoms with E-state index in [0.717, 1.165) is 27.7 Å². The number of pyridine rings is 1. The lowest BCUT2D eigenvalue weighted by atomic mass is 10.1. The van der Waals surface area contributed by atoms with Crippen LogP contribution in [-0.2, 0) is 11.3 Å². The molecule has 0 saturated heterocycles. The minimum Gasteiger partial charge on any atom is -0.340 e. The average molecular weight is 435 g/mol. The van der Waals surface area contributed by atoms with Crippen LogP contribution < -0.4 is 5.56 Å². The number of aromatic amines is 1. The van der Waals surface area contributed by atoms with E-state index in [4.69, 9.17) is 0 Å². The van der Waals surface area contributed by atoms with Crippen molar-refractivity contribution in [1.82, 2.24) is 30.1 Å². The zero-order valence-electron chi connectivity index (χ0n) is 17.4. The van der Waals surface area contributed by atoms with Gasteiger partial charge in [0.2, 0.25) is 16.6 Å². The van der Waals surface area contributed by atoms with E-state index in [0.29, 0.717) is 11.7 Å². The molecule has 0 radical (unpaired) electrons. The van der Waals surface area contributed by atoms with Crippen LogP contribution in [0.4, 0.5) is 0 Å². The fourth-order valence-electron chi connectivity index (χ4n) is 3.46. The van der Waals surface area contributed by atoms with E-state index < -0.39 is 5.25 Å². The summed E-state index contributed by atoms with van der Waals surface area (Å²) in [6.07, 6.45) is 0. The number of amides is 1. The maximum atomic E-state index is 13.1. The first-order valence-corrected chi connectivity index (χ1v) is 10.7. The number of carbonyl (C=O) groups is 1. The van der Waals surface area contributed by atoms with Crippen molar-refractivity contribution >= 4 is 28.6 Å². The number of nitrogens with one attached hydrogen (secondary N) is 1. The van der Waals surface area contributed by atoms with Crippen LogP contribution in [0, 0.1) is 6.92 Å². The number of para-hydroxylation sites is 2. The highest BCUT2D eigenvalue weighted by molar-refractivity contribution is 8.00. The van der Waals surface area contributed by atoms with Gasteiger partial charge in [-0.15, -0.1) is 5.10 Å². The molecule has 2 aromatic carbocycles. The van der Waals surface area contributed by atoms with E-state index >= 15 is 0 Å². The Kier molecular flexibility index (Phi) is 5.85. The van der Waals surface area contributed by atoms with Gasteiger partial charge in [-0.05, 0) is 47.5 Å². The van der Waals surface area contributed by atoms with Crippen LogP contribution in [0.25, 0.3) is 16.6 Å². The van der Waals surface area contributed by atoms with Crippen LogP contribution in [0.5, 0.6) is 0 Å². The van der Waals surface area contributed by atoms with Gasteiger partial charge in [-0.1, -0.05) is 48.2 Å². The van der Waals surface area contributed by atoms with Crippen molar-refractivity contribution in [3.63, 3.8) is 0 Å². The second kappa shape index (κ2) is 8.73. The minimum atomic E-state index is -0.410. The molecule has 9 heteroatoms. The lowest BCUT2D eigenvalue weighted by molar-refractivity contribution is -0.129. The third-order valence-corrected chi connectivity index (χ3v) is 6.06. The van der Waals surface area contributed by atoms with Crippen LogP contribution in [0.15, 0.2) is 64.5 Å². The predicted octanol–water partition coefficient (Wildman–Crippen LogP) is 2.95. The molecule has 1 N–H and O–H groups in total. The number of aryl methyl sites for hydroxylation is 1. The van der Waals surface area contributed by atoms with Crippen LogP contribution in [0.2, 0.25) is 0 Å². The summed E-state index contributed by atoms with van der Waals surface area (Å²) in [7, 11) is 1.74. The summed E-state index contributed by atoms with van der Waals surface area (Å²) in [6.45, 7) is 4.15. The van der Waals surface area contributed by atoms with Crippen LogP contribution in [-0.4, -0.2) is 48.3 Å². The van der Waals surface area contributed by atoms with Gasteiger partial charge in [0.25, 0.3) is 0 Å². The van der Waals surface area contributed by atoms with Gasteiger partial charge in [-0.25, -0.2) is 0 Å². The number of hydrogen-bond donors (Lipinski definition) is 1. The summed E-state index contributed by atoms with van der Waals surface area (Å²) in [5.74, 6) is -0.0753. The number of rotatable bonds is 6. The van der Waals surface area contributed by atoms with Gasteiger partial charge in [0, 0.05) is 30.6 Å². The molecule has 2 aromatic heterocycles. The van der Waals surface area contributed by atoms with Gasteiger partial charge in [0.1, 0.15) is 0 Å². The summed E-state index contributed by atoms with van der Waals surface area (Å²) in [4.78, 5) is 29.5. The molecule has 0 saturated carbocycles. The molecule has 4 aromatic rings. The molecule has 4 rings (SSSR count). The normalized spacial score (nSPS) is 12.1. The molecule has 0 aliphatic rings. The number of hydrogen-bond acceptors (Lipinski definition) is 6. The third-order valence-electron chi connectivity index (χ3n) is 5.03. The Labute approximate surface area is 183 Å². The molecule has 0 aliphatic heterocycles. The Morgan fingerprint density at radius 1 is 1.19 bits per heavy atom. The Morgan fingerprint density at radius 2 is 1.94 bits per heavy atom. The predicted molar refractivity (Wildman–Crippen MR) is 120 cm³/mol. The number of H-pyrrole nitrogens is 1. The maximum Gasteiger partial charge on any atom is 0.248 e. The van der Waals surface area contributed by atoms with Crippen molar-refractivity contribution < 1.29 is 4.79 Å². The molecule has 0 bridgehead atoms. The molecule has 1 atom stereocenters. The largest absolute Gasteiger partial charge is 0.340 e. The number of fused-ring (bicyclic) bond motifs is 1. The van der Waals surface area contributed by atoms with E-state index in [9.17, 15) is 9.59 Å². The van der Waals surface area contributed by atoms with Crippen LogP contribution in [0.1, 0.15) is 18.1 Å². The topological polar surface area (TPSA) is 96.8 Å². The molecule has 158 valence electrons. The van der Waals surface area contributed by atoms with E-state index in [2.05, 4.69) is 20.5 Å². The van der Waals surface area contributed by atoms with Crippen molar-refractivity contribution in [2.24, 2.45) is 0 Å². The number of thioether (sulfide) groups is 1. The summed E-state index contributed by atoms with van der Waals surface area (Å²) in [6, 6.07) is 16.9. The zero-order valence-corrected chi connectivity index (χ0v) is 18.3. The zero-order chi connectivity index (χ0) is 22.0. The lowest BCUT2D eigenvalue weighted by Crippen LogP contribution is -2.33. The van der Waals surface area contributed by atoms with Crippen LogP contribution in [0.3, 0.4) is 0 Å². The monoisotopic (exact) mass is 434 g/mol. The summed E-state index contributed by atoms with van der Waals surface area (Å²) in [5, 5.41) is 13.0. The quantitative estimate of drug-likeness (QED) is 0.469. The molecule has 0 fully saturated rings. The van der Waals surface area contributed by atoms with E-state index in [1.807, 2.05) is 62.4 Å². The second-order valence-electron chi connectivity index (χ2n) is 7.32. The van der Waals surface area contributed by atoms with E-state index in [-0.39, 0.29) is 11.5 Å². The average Bonchev–Trinajstić information content (AvgIpc) is 3.21. The van der Waals surface area contributed by atoms with Crippen molar-refractivity contribution in [3.05, 3.63) is 76.1 Å². The Hall–Kier alpha value is -3.46.